The van der Waals surface area contributed by atoms with Gasteiger partial charge in [-0.2, -0.15) is 0 Å². The zero-order valence-corrected chi connectivity index (χ0v) is 10.4. The second kappa shape index (κ2) is 4.38. The molecule has 1 rings (SSSR count). The third-order valence-corrected chi connectivity index (χ3v) is 4.17. The number of rotatable bonds is 3. The summed E-state index contributed by atoms with van der Waals surface area (Å²) < 4.78 is 0. The Morgan fingerprint density at radius 3 is 2.21 bits per heavy atom. The minimum atomic E-state index is 0.446. The fourth-order valence-electron chi connectivity index (χ4n) is 2.16. The summed E-state index contributed by atoms with van der Waals surface area (Å²) >= 11 is 0. The summed E-state index contributed by atoms with van der Waals surface area (Å²) in [6.45, 7) is 9.13. The highest BCUT2D eigenvalue weighted by atomic mass is 14.3. The van der Waals surface area contributed by atoms with Gasteiger partial charge in [0.2, 0.25) is 0 Å². The molecule has 0 amide bonds. The van der Waals surface area contributed by atoms with Crippen LogP contribution in [0.4, 0.5) is 0 Å². The molecule has 0 fully saturated rings. The summed E-state index contributed by atoms with van der Waals surface area (Å²) in [5.74, 6) is 0. The smallest absolute Gasteiger partial charge is 0.0715 e. The SMILES string of the molecule is BC(CC)(CC)C1=CC(C)=C(C)CC1. The molecule has 0 radical (unpaired) electrons. The van der Waals surface area contributed by atoms with Gasteiger partial charge in [0.25, 0.3) is 0 Å². The van der Waals surface area contributed by atoms with Gasteiger partial charge in [0.15, 0.2) is 0 Å². The number of hydrogen-bond acceptors (Lipinski definition) is 0. The van der Waals surface area contributed by atoms with Crippen molar-refractivity contribution in [2.45, 2.75) is 58.7 Å². The van der Waals surface area contributed by atoms with Crippen LogP contribution < -0.4 is 0 Å². The van der Waals surface area contributed by atoms with Gasteiger partial charge in [-0.3, -0.25) is 0 Å². The summed E-state index contributed by atoms with van der Waals surface area (Å²) in [5.41, 5.74) is 4.74. The first-order valence-corrected chi connectivity index (χ1v) is 5.91. The number of allylic oxidation sites excluding steroid dienone is 4. The quantitative estimate of drug-likeness (QED) is 0.596. The second-order valence-electron chi connectivity index (χ2n) is 4.90. The van der Waals surface area contributed by atoms with Gasteiger partial charge in [-0.25, -0.2) is 0 Å². The van der Waals surface area contributed by atoms with Crippen LogP contribution in [0.3, 0.4) is 0 Å². The van der Waals surface area contributed by atoms with E-state index in [0.29, 0.717) is 5.31 Å². The molecule has 0 spiro atoms. The van der Waals surface area contributed by atoms with Crippen LogP contribution in [0.15, 0.2) is 22.8 Å². The summed E-state index contributed by atoms with van der Waals surface area (Å²) in [6.07, 6.45) is 7.52. The Bertz CT molecular complexity index is 267. The van der Waals surface area contributed by atoms with Crippen molar-refractivity contribution >= 4 is 7.85 Å². The van der Waals surface area contributed by atoms with Crippen LogP contribution in [0.2, 0.25) is 5.31 Å². The van der Waals surface area contributed by atoms with Gasteiger partial charge in [-0.1, -0.05) is 49.5 Å². The average Bonchev–Trinajstić information content (AvgIpc) is 2.21. The molecular formula is C13H23B. The molecule has 0 aromatic heterocycles. The highest BCUT2D eigenvalue weighted by Crippen LogP contribution is 2.44. The van der Waals surface area contributed by atoms with Crippen molar-refractivity contribution < 1.29 is 0 Å². The van der Waals surface area contributed by atoms with Crippen LogP contribution in [-0.2, 0) is 0 Å². The Kier molecular flexibility index (Phi) is 3.63. The van der Waals surface area contributed by atoms with E-state index in [1.54, 1.807) is 11.1 Å². The van der Waals surface area contributed by atoms with Crippen molar-refractivity contribution in [3.8, 4) is 0 Å². The highest BCUT2D eigenvalue weighted by Gasteiger charge is 2.26. The zero-order valence-electron chi connectivity index (χ0n) is 10.4. The van der Waals surface area contributed by atoms with Crippen LogP contribution in [0.5, 0.6) is 0 Å². The van der Waals surface area contributed by atoms with E-state index in [-0.39, 0.29) is 0 Å². The van der Waals surface area contributed by atoms with Crippen LogP contribution in [-0.4, -0.2) is 7.85 Å². The van der Waals surface area contributed by atoms with Crippen LogP contribution in [0.25, 0.3) is 0 Å². The highest BCUT2D eigenvalue weighted by molar-refractivity contribution is 6.17. The minimum Gasteiger partial charge on any atom is -0.0715 e. The van der Waals surface area contributed by atoms with E-state index < -0.39 is 0 Å². The standard InChI is InChI=1S/C13H23B/c1-5-13(14,6-2)12-8-7-10(3)11(4)9-12/h9H,5-8,14H2,1-4H3. The minimum absolute atomic E-state index is 0.446. The van der Waals surface area contributed by atoms with Crippen LogP contribution >= 0.6 is 0 Å². The predicted octanol–water partition coefficient (Wildman–Crippen LogP) is 3.65. The van der Waals surface area contributed by atoms with Crippen molar-refractivity contribution in [1.82, 2.24) is 0 Å². The Hall–Kier alpha value is -0.455. The van der Waals surface area contributed by atoms with Crippen molar-refractivity contribution in [2.75, 3.05) is 0 Å². The topological polar surface area (TPSA) is 0 Å². The van der Waals surface area contributed by atoms with E-state index in [4.69, 9.17) is 0 Å². The molecule has 1 aliphatic rings. The predicted molar refractivity (Wildman–Crippen MR) is 67.5 cm³/mol. The van der Waals surface area contributed by atoms with Crippen molar-refractivity contribution in [1.29, 1.82) is 0 Å². The summed E-state index contributed by atoms with van der Waals surface area (Å²) in [7, 11) is 2.41. The number of hydrogen-bond donors (Lipinski definition) is 0. The molecule has 0 saturated carbocycles. The largest absolute Gasteiger partial charge is 0.114 e. The van der Waals surface area contributed by atoms with E-state index in [1.165, 1.54) is 31.3 Å². The molecule has 0 saturated heterocycles. The van der Waals surface area contributed by atoms with Gasteiger partial charge in [-0.05, 0) is 32.0 Å². The molecule has 0 aliphatic heterocycles. The first kappa shape index (κ1) is 11.6. The van der Waals surface area contributed by atoms with Gasteiger partial charge >= 0.3 is 0 Å². The van der Waals surface area contributed by atoms with Crippen LogP contribution in [0, 0.1) is 0 Å². The maximum atomic E-state index is 2.44. The summed E-state index contributed by atoms with van der Waals surface area (Å²) in [6, 6.07) is 0. The van der Waals surface area contributed by atoms with Crippen molar-refractivity contribution in [3.63, 3.8) is 0 Å². The molecule has 0 N–H and O–H groups in total. The Morgan fingerprint density at radius 2 is 1.79 bits per heavy atom. The third kappa shape index (κ3) is 2.13. The van der Waals surface area contributed by atoms with Crippen molar-refractivity contribution in [3.05, 3.63) is 22.8 Å². The average molecular weight is 190 g/mol. The molecular weight excluding hydrogens is 167 g/mol. The maximum absolute atomic E-state index is 2.44. The second-order valence-corrected chi connectivity index (χ2v) is 4.90. The van der Waals surface area contributed by atoms with Gasteiger partial charge in [-0.15, -0.1) is 0 Å². The van der Waals surface area contributed by atoms with Crippen LogP contribution in [0.1, 0.15) is 53.4 Å². The molecule has 0 nitrogen and oxygen atoms in total. The normalized spacial score (nSPS) is 18.4. The third-order valence-electron chi connectivity index (χ3n) is 4.17. The molecule has 14 heavy (non-hydrogen) atoms. The molecule has 0 atom stereocenters. The van der Waals surface area contributed by atoms with Gasteiger partial charge in [0, 0.05) is 0 Å². The van der Waals surface area contributed by atoms with E-state index in [9.17, 15) is 0 Å². The Morgan fingerprint density at radius 1 is 1.21 bits per heavy atom. The Balaban J connectivity index is 2.95. The molecule has 78 valence electrons. The molecule has 0 aromatic carbocycles. The van der Waals surface area contributed by atoms with Crippen molar-refractivity contribution in [2.24, 2.45) is 0 Å². The maximum Gasteiger partial charge on any atom is 0.114 e. The molecule has 0 heterocycles. The molecule has 0 aromatic rings. The monoisotopic (exact) mass is 190 g/mol. The molecule has 0 bridgehead atoms. The van der Waals surface area contributed by atoms with Gasteiger partial charge < -0.3 is 0 Å². The molecule has 1 aliphatic carbocycles. The first-order valence-electron chi connectivity index (χ1n) is 5.91. The van der Waals surface area contributed by atoms with E-state index in [1.807, 2.05) is 0 Å². The van der Waals surface area contributed by atoms with E-state index in [0.717, 1.165) is 0 Å². The fraction of sp³-hybridized carbons (Fsp3) is 0.692. The fourth-order valence-corrected chi connectivity index (χ4v) is 2.16. The lowest BCUT2D eigenvalue weighted by Crippen LogP contribution is -2.16. The Labute approximate surface area is 89.9 Å². The molecule has 1 heteroatoms. The summed E-state index contributed by atoms with van der Waals surface area (Å²) in [5, 5.41) is 0.446. The van der Waals surface area contributed by atoms with Gasteiger partial charge in [0.05, 0.1) is 0 Å². The summed E-state index contributed by atoms with van der Waals surface area (Å²) in [4.78, 5) is 0. The molecule has 0 unspecified atom stereocenters. The van der Waals surface area contributed by atoms with Gasteiger partial charge in [0.1, 0.15) is 7.85 Å². The van der Waals surface area contributed by atoms with E-state index >= 15 is 0 Å². The first-order chi connectivity index (χ1) is 6.53. The zero-order chi connectivity index (χ0) is 10.8. The lowest BCUT2D eigenvalue weighted by Gasteiger charge is -2.33. The lowest BCUT2D eigenvalue weighted by atomic mass is 9.58. The van der Waals surface area contributed by atoms with E-state index in [2.05, 4.69) is 41.6 Å². The lowest BCUT2D eigenvalue weighted by molar-refractivity contribution is 0.568.